The molecule has 1 spiro atoms. The zero-order valence-electron chi connectivity index (χ0n) is 22.9. The monoisotopic (exact) mass is 565 g/mol. The van der Waals surface area contributed by atoms with Gasteiger partial charge < -0.3 is 26.0 Å². The standard InChI is InChI=1S/C30H36FN5O5/c31-22-8-10-23(11-9-22)35-27(38)21-36-18-13-30(14-19-36)12-3-7-26(37)32-17-20-41-25-6-2-1-5-24(25)28(39)33-15-4-16-34-29(30)40/h1-3,5-11H,4,12-21H2,(H,32,37)(H,33,39)(H,34,40)(H,35,38)/b7-3+. The summed E-state index contributed by atoms with van der Waals surface area (Å²) in [5.74, 6) is -0.834. The fourth-order valence-electron chi connectivity index (χ4n) is 4.94. The van der Waals surface area contributed by atoms with E-state index in [1.807, 2.05) is 4.90 Å². The number of rotatable bonds is 3. The molecule has 10 nitrogen and oxygen atoms in total. The van der Waals surface area contributed by atoms with Gasteiger partial charge in [-0.3, -0.25) is 24.1 Å². The smallest absolute Gasteiger partial charge is 0.255 e. The zero-order valence-corrected chi connectivity index (χ0v) is 22.9. The molecule has 4 amide bonds. The van der Waals surface area contributed by atoms with Gasteiger partial charge in [0.05, 0.1) is 24.1 Å². The molecule has 218 valence electrons. The normalized spacial score (nSPS) is 19.8. The second kappa shape index (κ2) is 14.4. The minimum absolute atomic E-state index is 0.107. The molecular weight excluding hydrogens is 529 g/mol. The molecule has 0 radical (unpaired) electrons. The van der Waals surface area contributed by atoms with Crippen molar-refractivity contribution < 1.29 is 28.3 Å². The third-order valence-electron chi connectivity index (χ3n) is 7.28. The van der Waals surface area contributed by atoms with Crippen LogP contribution < -0.4 is 26.0 Å². The van der Waals surface area contributed by atoms with Crippen molar-refractivity contribution in [3.05, 3.63) is 72.1 Å². The summed E-state index contributed by atoms with van der Waals surface area (Å²) >= 11 is 0. The number of amides is 4. The summed E-state index contributed by atoms with van der Waals surface area (Å²) in [4.78, 5) is 53.0. The number of allylic oxidation sites excluding steroid dienone is 1. The van der Waals surface area contributed by atoms with Crippen molar-refractivity contribution in [2.24, 2.45) is 5.41 Å². The lowest BCUT2D eigenvalue weighted by atomic mass is 9.74. The van der Waals surface area contributed by atoms with E-state index in [4.69, 9.17) is 4.74 Å². The molecule has 11 heteroatoms. The molecule has 2 aromatic carbocycles. The number of ether oxygens (including phenoxy) is 1. The average Bonchev–Trinajstić information content (AvgIpc) is 2.97. The van der Waals surface area contributed by atoms with Gasteiger partial charge in [0.25, 0.3) is 5.91 Å². The number of hydrogen-bond acceptors (Lipinski definition) is 6. The van der Waals surface area contributed by atoms with Crippen molar-refractivity contribution >= 4 is 29.3 Å². The van der Waals surface area contributed by atoms with Crippen LogP contribution in [0.1, 0.15) is 36.0 Å². The maximum atomic E-state index is 13.4. The number of para-hydroxylation sites is 1. The Balaban J connectivity index is 1.36. The second-order valence-corrected chi connectivity index (χ2v) is 10.2. The molecule has 2 aromatic rings. The Bertz CT molecular complexity index is 1260. The number of benzene rings is 2. The Labute approximate surface area is 238 Å². The van der Waals surface area contributed by atoms with Crippen molar-refractivity contribution in [3.63, 3.8) is 0 Å². The Hall–Kier alpha value is -4.25. The zero-order chi connectivity index (χ0) is 29.1. The molecular formula is C30H36FN5O5. The Morgan fingerprint density at radius 1 is 0.951 bits per heavy atom. The van der Waals surface area contributed by atoms with Crippen molar-refractivity contribution in [1.82, 2.24) is 20.9 Å². The molecule has 2 aliphatic heterocycles. The number of fused-ring (bicyclic) bond motifs is 1. The highest BCUT2D eigenvalue weighted by Gasteiger charge is 2.40. The van der Waals surface area contributed by atoms with Gasteiger partial charge in [0.2, 0.25) is 17.7 Å². The molecule has 2 aliphatic rings. The molecule has 0 aliphatic carbocycles. The van der Waals surface area contributed by atoms with E-state index in [-0.39, 0.29) is 49.1 Å². The highest BCUT2D eigenvalue weighted by Crippen LogP contribution is 2.36. The summed E-state index contributed by atoms with van der Waals surface area (Å²) in [7, 11) is 0. The van der Waals surface area contributed by atoms with Gasteiger partial charge in [-0.1, -0.05) is 18.2 Å². The van der Waals surface area contributed by atoms with Gasteiger partial charge in [0.1, 0.15) is 18.2 Å². The number of halogens is 1. The van der Waals surface area contributed by atoms with Gasteiger partial charge in [-0.25, -0.2) is 4.39 Å². The second-order valence-electron chi connectivity index (χ2n) is 10.2. The van der Waals surface area contributed by atoms with Crippen LogP contribution in [0.15, 0.2) is 60.7 Å². The Morgan fingerprint density at radius 3 is 2.46 bits per heavy atom. The first-order valence-electron chi connectivity index (χ1n) is 13.9. The number of likely N-dealkylation sites (tertiary alicyclic amines) is 1. The molecule has 1 saturated heterocycles. The molecule has 0 unspecified atom stereocenters. The molecule has 4 N–H and O–H groups in total. The lowest BCUT2D eigenvalue weighted by molar-refractivity contribution is -0.134. The van der Waals surface area contributed by atoms with E-state index in [0.29, 0.717) is 68.9 Å². The quantitative estimate of drug-likeness (QED) is 0.452. The molecule has 2 heterocycles. The lowest BCUT2D eigenvalue weighted by Crippen LogP contribution is -2.50. The Morgan fingerprint density at radius 2 is 1.68 bits per heavy atom. The summed E-state index contributed by atoms with van der Waals surface area (Å²) in [6, 6.07) is 12.5. The van der Waals surface area contributed by atoms with Crippen LogP contribution in [-0.2, 0) is 14.4 Å². The largest absolute Gasteiger partial charge is 0.491 e. The van der Waals surface area contributed by atoms with Gasteiger partial charge in [0, 0.05) is 18.8 Å². The van der Waals surface area contributed by atoms with Crippen molar-refractivity contribution in [3.8, 4) is 5.75 Å². The first-order valence-corrected chi connectivity index (χ1v) is 13.9. The van der Waals surface area contributed by atoms with E-state index in [1.54, 1.807) is 30.3 Å². The summed E-state index contributed by atoms with van der Waals surface area (Å²) < 4.78 is 18.9. The predicted octanol–water partition coefficient (Wildman–Crippen LogP) is 2.24. The maximum absolute atomic E-state index is 13.4. The van der Waals surface area contributed by atoms with Gasteiger partial charge in [-0.05, 0) is 81.2 Å². The molecule has 0 atom stereocenters. The summed E-state index contributed by atoms with van der Waals surface area (Å²) in [5.41, 5.74) is 0.196. The highest BCUT2D eigenvalue weighted by molar-refractivity contribution is 5.97. The first kappa shape index (κ1) is 29.7. The van der Waals surface area contributed by atoms with E-state index in [9.17, 15) is 23.6 Å². The Kier molecular flexibility index (Phi) is 10.4. The van der Waals surface area contributed by atoms with Crippen molar-refractivity contribution in [2.75, 3.05) is 51.2 Å². The van der Waals surface area contributed by atoms with Gasteiger partial charge in [-0.15, -0.1) is 0 Å². The number of piperidine rings is 1. The maximum Gasteiger partial charge on any atom is 0.255 e. The first-order chi connectivity index (χ1) is 19.8. The van der Waals surface area contributed by atoms with Crippen LogP contribution in [-0.4, -0.2) is 74.4 Å². The van der Waals surface area contributed by atoms with Crippen molar-refractivity contribution in [1.29, 1.82) is 0 Å². The molecule has 0 bridgehead atoms. The molecule has 0 aromatic heterocycles. The van der Waals surface area contributed by atoms with Crippen LogP contribution >= 0.6 is 0 Å². The minimum atomic E-state index is -0.725. The van der Waals surface area contributed by atoms with Gasteiger partial charge >= 0.3 is 0 Å². The van der Waals surface area contributed by atoms with Gasteiger partial charge in [-0.2, -0.15) is 0 Å². The van der Waals surface area contributed by atoms with Gasteiger partial charge in [0.15, 0.2) is 0 Å². The molecule has 1 fully saturated rings. The van der Waals surface area contributed by atoms with Crippen LogP contribution in [0, 0.1) is 11.2 Å². The average molecular weight is 566 g/mol. The summed E-state index contributed by atoms with van der Waals surface area (Å²) in [5, 5.41) is 11.4. The van der Waals surface area contributed by atoms with Crippen LogP contribution in [0.2, 0.25) is 0 Å². The van der Waals surface area contributed by atoms with E-state index in [2.05, 4.69) is 21.3 Å². The summed E-state index contributed by atoms with van der Waals surface area (Å²) in [6.07, 6.45) is 5.10. The highest BCUT2D eigenvalue weighted by atomic mass is 19.1. The van der Waals surface area contributed by atoms with Crippen LogP contribution in [0.3, 0.4) is 0 Å². The fourth-order valence-corrected chi connectivity index (χ4v) is 4.94. The molecule has 4 rings (SSSR count). The number of anilines is 1. The topological polar surface area (TPSA) is 129 Å². The van der Waals surface area contributed by atoms with Crippen LogP contribution in [0.4, 0.5) is 10.1 Å². The van der Waals surface area contributed by atoms with E-state index in [0.717, 1.165) is 0 Å². The third-order valence-corrected chi connectivity index (χ3v) is 7.28. The molecule has 0 saturated carbocycles. The predicted molar refractivity (Wildman–Crippen MR) is 152 cm³/mol. The number of carbonyl (C=O) groups excluding carboxylic acids is 4. The fraction of sp³-hybridized carbons (Fsp3) is 0.400. The van der Waals surface area contributed by atoms with E-state index >= 15 is 0 Å². The van der Waals surface area contributed by atoms with Crippen LogP contribution in [0.25, 0.3) is 0 Å². The van der Waals surface area contributed by atoms with Crippen LogP contribution in [0.5, 0.6) is 5.75 Å². The van der Waals surface area contributed by atoms with Crippen molar-refractivity contribution in [2.45, 2.75) is 25.7 Å². The third kappa shape index (κ3) is 8.62. The lowest BCUT2D eigenvalue weighted by Gasteiger charge is -2.40. The number of carbonyl (C=O) groups is 4. The van der Waals surface area contributed by atoms with E-state index in [1.165, 1.54) is 30.3 Å². The number of nitrogens with one attached hydrogen (secondary N) is 4. The molecule has 41 heavy (non-hydrogen) atoms. The summed E-state index contributed by atoms with van der Waals surface area (Å²) in [6.45, 7) is 2.41. The minimum Gasteiger partial charge on any atom is -0.491 e. The number of nitrogens with zero attached hydrogens (tertiary/aromatic N) is 1. The number of hydrogen-bond donors (Lipinski definition) is 4. The van der Waals surface area contributed by atoms with E-state index < -0.39 is 5.41 Å². The SMILES string of the molecule is O=C1/C=C/CC2(CCN(CC(=O)Nc3ccc(F)cc3)CC2)C(=O)NCCCNC(=O)c2ccccc2OCCN1.